The highest BCUT2D eigenvalue weighted by Crippen LogP contribution is 2.25. The van der Waals surface area contributed by atoms with Gasteiger partial charge in [-0.05, 0) is 43.2 Å². The van der Waals surface area contributed by atoms with Gasteiger partial charge in [-0.15, -0.1) is 0 Å². The molecule has 5 nitrogen and oxygen atoms in total. The van der Waals surface area contributed by atoms with Gasteiger partial charge in [-0.25, -0.2) is 0 Å². The van der Waals surface area contributed by atoms with E-state index in [0.29, 0.717) is 18.7 Å². The number of unbranched alkanes of at least 4 members (excludes halogenated alkanes) is 1. The van der Waals surface area contributed by atoms with Crippen LogP contribution in [0.3, 0.4) is 0 Å². The Balaban J connectivity index is 2.43. The summed E-state index contributed by atoms with van der Waals surface area (Å²) in [6, 6.07) is 4.36. The summed E-state index contributed by atoms with van der Waals surface area (Å²) in [6.45, 7) is 1.22. The predicted octanol–water partition coefficient (Wildman–Crippen LogP) is 0.966. The van der Waals surface area contributed by atoms with Crippen molar-refractivity contribution < 1.29 is 15.0 Å². The Labute approximate surface area is 106 Å². The minimum atomic E-state index is -0.208. The van der Waals surface area contributed by atoms with E-state index >= 15 is 0 Å². The molecule has 5 N–H and O–H groups in total. The van der Waals surface area contributed by atoms with E-state index in [2.05, 4.69) is 5.32 Å². The number of phenolic OH excluding ortho intramolecular Hbond substituents is 2. The molecule has 0 aliphatic carbocycles. The van der Waals surface area contributed by atoms with E-state index in [1.807, 2.05) is 0 Å². The van der Waals surface area contributed by atoms with Gasteiger partial charge in [-0.3, -0.25) is 4.79 Å². The molecule has 0 atom stereocenters. The maximum Gasteiger partial charge on any atom is 0.243 e. The average Bonchev–Trinajstić information content (AvgIpc) is 2.36. The Hall–Kier alpha value is -2.01. The Morgan fingerprint density at radius 1 is 1.28 bits per heavy atom. The van der Waals surface area contributed by atoms with Crippen LogP contribution >= 0.6 is 0 Å². The lowest BCUT2D eigenvalue weighted by Crippen LogP contribution is -2.22. The summed E-state index contributed by atoms with van der Waals surface area (Å²) in [5.74, 6) is -0.585. The lowest BCUT2D eigenvalue weighted by Gasteiger charge is -2.01. The van der Waals surface area contributed by atoms with Crippen LogP contribution in [0.25, 0.3) is 6.08 Å². The highest BCUT2D eigenvalue weighted by atomic mass is 16.3. The molecule has 0 unspecified atom stereocenters. The molecular formula is C13H18N2O3. The first-order chi connectivity index (χ1) is 8.63. The van der Waals surface area contributed by atoms with E-state index in [9.17, 15) is 9.90 Å². The quantitative estimate of drug-likeness (QED) is 0.343. The SMILES string of the molecule is NCCCCNC(=O)/C=C\c1ccc(O)c(O)c1. The second-order valence-electron chi connectivity index (χ2n) is 3.87. The highest BCUT2D eigenvalue weighted by Gasteiger charge is 1.99. The standard InChI is InChI=1S/C13H18N2O3/c14-7-1-2-8-15-13(18)6-4-10-3-5-11(16)12(17)9-10/h3-6,9,16-17H,1-2,7-8,14H2,(H,15,18)/b6-4-. The van der Waals surface area contributed by atoms with Crippen LogP contribution in [-0.2, 0) is 4.79 Å². The summed E-state index contributed by atoms with van der Waals surface area (Å²) >= 11 is 0. The van der Waals surface area contributed by atoms with Crippen LogP contribution < -0.4 is 11.1 Å². The number of hydrogen-bond donors (Lipinski definition) is 4. The molecule has 18 heavy (non-hydrogen) atoms. The van der Waals surface area contributed by atoms with Crippen LogP contribution in [0.15, 0.2) is 24.3 Å². The van der Waals surface area contributed by atoms with Crippen molar-refractivity contribution >= 4 is 12.0 Å². The Kier molecular flexibility index (Phi) is 5.73. The minimum absolute atomic E-state index is 0.182. The number of amides is 1. The normalized spacial score (nSPS) is 10.7. The molecule has 1 amide bonds. The van der Waals surface area contributed by atoms with E-state index in [0.717, 1.165) is 12.8 Å². The van der Waals surface area contributed by atoms with Crippen molar-refractivity contribution in [3.8, 4) is 11.5 Å². The van der Waals surface area contributed by atoms with Gasteiger partial charge in [0.15, 0.2) is 11.5 Å². The zero-order chi connectivity index (χ0) is 13.4. The van der Waals surface area contributed by atoms with E-state index < -0.39 is 0 Å². The predicted molar refractivity (Wildman–Crippen MR) is 70.1 cm³/mol. The first-order valence-corrected chi connectivity index (χ1v) is 5.81. The molecule has 0 saturated heterocycles. The third-order valence-electron chi connectivity index (χ3n) is 2.36. The summed E-state index contributed by atoms with van der Waals surface area (Å²) in [5, 5.41) is 21.1. The monoisotopic (exact) mass is 250 g/mol. The number of rotatable bonds is 6. The van der Waals surface area contributed by atoms with Gasteiger partial charge in [0.2, 0.25) is 5.91 Å². The smallest absolute Gasteiger partial charge is 0.243 e. The summed E-state index contributed by atoms with van der Waals surface area (Å²) < 4.78 is 0. The van der Waals surface area contributed by atoms with Crippen molar-refractivity contribution in [2.24, 2.45) is 5.73 Å². The second kappa shape index (κ2) is 7.34. The molecule has 98 valence electrons. The first-order valence-electron chi connectivity index (χ1n) is 5.81. The molecule has 0 saturated carbocycles. The van der Waals surface area contributed by atoms with Gasteiger partial charge in [0.25, 0.3) is 0 Å². The van der Waals surface area contributed by atoms with Crippen LogP contribution in [0.1, 0.15) is 18.4 Å². The second-order valence-corrected chi connectivity index (χ2v) is 3.87. The fourth-order valence-electron chi connectivity index (χ4n) is 1.36. The Morgan fingerprint density at radius 2 is 2.06 bits per heavy atom. The summed E-state index contributed by atoms with van der Waals surface area (Å²) in [7, 11) is 0. The molecule has 0 aliphatic rings. The summed E-state index contributed by atoms with van der Waals surface area (Å²) in [4.78, 5) is 11.4. The number of aromatic hydroxyl groups is 2. The van der Waals surface area contributed by atoms with Crippen molar-refractivity contribution in [3.63, 3.8) is 0 Å². The zero-order valence-electron chi connectivity index (χ0n) is 10.1. The van der Waals surface area contributed by atoms with Gasteiger partial charge >= 0.3 is 0 Å². The fraction of sp³-hybridized carbons (Fsp3) is 0.308. The Morgan fingerprint density at radius 3 is 2.72 bits per heavy atom. The van der Waals surface area contributed by atoms with Gasteiger partial charge in [0.1, 0.15) is 0 Å². The van der Waals surface area contributed by atoms with Gasteiger partial charge in [-0.2, -0.15) is 0 Å². The third kappa shape index (κ3) is 4.88. The van der Waals surface area contributed by atoms with E-state index in [1.165, 1.54) is 18.2 Å². The molecule has 0 aliphatic heterocycles. The number of carbonyl (C=O) groups excluding carboxylic acids is 1. The lowest BCUT2D eigenvalue weighted by atomic mass is 10.2. The molecule has 1 aromatic rings. The highest BCUT2D eigenvalue weighted by molar-refractivity contribution is 5.91. The average molecular weight is 250 g/mol. The molecule has 0 fully saturated rings. The largest absolute Gasteiger partial charge is 0.504 e. The Bertz CT molecular complexity index is 430. The maximum atomic E-state index is 11.4. The van der Waals surface area contributed by atoms with Gasteiger partial charge < -0.3 is 21.3 Å². The van der Waals surface area contributed by atoms with Crippen LogP contribution in [0.4, 0.5) is 0 Å². The van der Waals surface area contributed by atoms with Crippen molar-refractivity contribution in [2.45, 2.75) is 12.8 Å². The zero-order valence-corrected chi connectivity index (χ0v) is 10.1. The topological polar surface area (TPSA) is 95.6 Å². The summed E-state index contributed by atoms with van der Waals surface area (Å²) in [6.07, 6.45) is 4.69. The van der Waals surface area contributed by atoms with E-state index in [-0.39, 0.29) is 17.4 Å². The molecule has 1 aromatic carbocycles. The molecule has 0 aromatic heterocycles. The molecular weight excluding hydrogens is 232 g/mol. The van der Waals surface area contributed by atoms with Crippen LogP contribution in [0.5, 0.6) is 11.5 Å². The fourth-order valence-corrected chi connectivity index (χ4v) is 1.36. The molecule has 0 radical (unpaired) electrons. The lowest BCUT2D eigenvalue weighted by molar-refractivity contribution is -0.116. The summed E-state index contributed by atoms with van der Waals surface area (Å²) in [5.41, 5.74) is 5.98. The van der Waals surface area contributed by atoms with Crippen LogP contribution in [0.2, 0.25) is 0 Å². The van der Waals surface area contributed by atoms with E-state index in [1.54, 1.807) is 12.1 Å². The minimum Gasteiger partial charge on any atom is -0.504 e. The molecule has 5 heteroatoms. The van der Waals surface area contributed by atoms with Gasteiger partial charge in [0.05, 0.1) is 0 Å². The number of benzene rings is 1. The third-order valence-corrected chi connectivity index (χ3v) is 2.36. The van der Waals surface area contributed by atoms with Gasteiger partial charge in [-0.1, -0.05) is 6.07 Å². The van der Waals surface area contributed by atoms with Gasteiger partial charge in [0, 0.05) is 12.6 Å². The molecule has 1 rings (SSSR count). The molecule has 0 spiro atoms. The van der Waals surface area contributed by atoms with E-state index in [4.69, 9.17) is 10.8 Å². The van der Waals surface area contributed by atoms with Crippen molar-refractivity contribution in [3.05, 3.63) is 29.8 Å². The number of carbonyl (C=O) groups is 1. The number of nitrogens with two attached hydrogens (primary N) is 1. The van der Waals surface area contributed by atoms with Crippen LogP contribution in [-0.4, -0.2) is 29.2 Å². The number of nitrogens with one attached hydrogen (secondary N) is 1. The van der Waals surface area contributed by atoms with Crippen LogP contribution in [0, 0.1) is 0 Å². The van der Waals surface area contributed by atoms with Crippen molar-refractivity contribution in [1.82, 2.24) is 5.32 Å². The molecule has 0 bridgehead atoms. The first kappa shape index (κ1) is 14.1. The number of hydrogen-bond acceptors (Lipinski definition) is 4. The van der Waals surface area contributed by atoms with Crippen molar-refractivity contribution in [1.29, 1.82) is 0 Å². The number of phenols is 2. The molecule has 0 heterocycles. The maximum absolute atomic E-state index is 11.4. The van der Waals surface area contributed by atoms with Crippen molar-refractivity contribution in [2.75, 3.05) is 13.1 Å².